The molecule has 0 saturated heterocycles. The van der Waals surface area contributed by atoms with Crippen molar-refractivity contribution in [2.75, 3.05) is 6.54 Å². The van der Waals surface area contributed by atoms with Gasteiger partial charge in [-0.3, -0.25) is 9.78 Å². The molecule has 6 nitrogen and oxygen atoms in total. The van der Waals surface area contributed by atoms with E-state index in [-0.39, 0.29) is 17.2 Å². The fourth-order valence-corrected chi connectivity index (χ4v) is 2.50. The number of carboxylic acids is 1. The number of nitrogens with zero attached hydrogens (tertiary/aromatic N) is 2. The van der Waals surface area contributed by atoms with Crippen LogP contribution in [0.4, 0.5) is 0 Å². The first-order valence-corrected chi connectivity index (χ1v) is 7.04. The summed E-state index contributed by atoms with van der Waals surface area (Å²) in [5.41, 5.74) is 0.411. The lowest BCUT2D eigenvalue weighted by Crippen LogP contribution is -2.23. The third-order valence-corrected chi connectivity index (χ3v) is 3.53. The van der Waals surface area contributed by atoms with Crippen LogP contribution in [0.3, 0.4) is 0 Å². The van der Waals surface area contributed by atoms with Crippen LogP contribution in [-0.4, -0.2) is 33.5 Å². The Bertz CT molecular complexity index is 676. The molecule has 0 bridgehead atoms. The second-order valence-corrected chi connectivity index (χ2v) is 5.06. The first-order valence-electron chi connectivity index (χ1n) is 6.22. The van der Waals surface area contributed by atoms with Gasteiger partial charge in [-0.1, -0.05) is 11.8 Å². The third kappa shape index (κ3) is 3.79. The Hall–Kier alpha value is -2.41. The smallest absolute Gasteiger partial charge is 0.338 e. The summed E-state index contributed by atoms with van der Waals surface area (Å²) >= 11 is 1.18. The fourth-order valence-electron chi connectivity index (χ4n) is 1.60. The molecule has 2 aromatic rings. The summed E-state index contributed by atoms with van der Waals surface area (Å²) in [6.07, 6.45) is 3.04. The quantitative estimate of drug-likeness (QED) is 0.878. The molecule has 0 aromatic carbocycles. The second-order valence-electron chi connectivity index (χ2n) is 4.00. The molecule has 21 heavy (non-hydrogen) atoms. The molecule has 0 aliphatic heterocycles. The van der Waals surface area contributed by atoms with E-state index < -0.39 is 5.97 Å². The van der Waals surface area contributed by atoms with Gasteiger partial charge in [-0.2, -0.15) is 0 Å². The maximum atomic E-state index is 11.7. The zero-order valence-electron chi connectivity index (χ0n) is 11.2. The van der Waals surface area contributed by atoms with Gasteiger partial charge in [-0.05, 0) is 31.2 Å². The van der Waals surface area contributed by atoms with Crippen molar-refractivity contribution in [1.82, 2.24) is 15.3 Å². The van der Waals surface area contributed by atoms with Crippen molar-refractivity contribution < 1.29 is 14.7 Å². The van der Waals surface area contributed by atoms with E-state index >= 15 is 0 Å². The maximum absolute atomic E-state index is 11.7. The normalized spacial score (nSPS) is 10.1. The van der Waals surface area contributed by atoms with Gasteiger partial charge in [0.1, 0.15) is 10.7 Å². The number of aromatic nitrogens is 2. The molecule has 7 heteroatoms. The number of aromatic carboxylic acids is 1. The molecular weight excluding hydrogens is 290 g/mol. The minimum absolute atomic E-state index is 0.124. The van der Waals surface area contributed by atoms with Crippen molar-refractivity contribution in [2.45, 2.75) is 16.8 Å². The zero-order valence-corrected chi connectivity index (χ0v) is 12.1. The summed E-state index contributed by atoms with van der Waals surface area (Å²) in [5, 5.41) is 12.2. The van der Waals surface area contributed by atoms with E-state index in [2.05, 4.69) is 15.3 Å². The number of rotatable bonds is 5. The van der Waals surface area contributed by atoms with Crippen molar-refractivity contribution in [2.24, 2.45) is 0 Å². The van der Waals surface area contributed by atoms with E-state index in [1.807, 2.05) is 6.92 Å². The lowest BCUT2D eigenvalue weighted by atomic mass is 10.3. The van der Waals surface area contributed by atoms with Crippen molar-refractivity contribution in [3.05, 3.63) is 47.9 Å². The number of carbonyl (C=O) groups excluding carboxylic acids is 1. The molecule has 0 aliphatic carbocycles. The van der Waals surface area contributed by atoms with Crippen LogP contribution in [-0.2, 0) is 0 Å². The van der Waals surface area contributed by atoms with E-state index in [0.717, 1.165) is 0 Å². The molecule has 2 heterocycles. The summed E-state index contributed by atoms with van der Waals surface area (Å²) in [4.78, 5) is 31.6. The molecule has 108 valence electrons. The summed E-state index contributed by atoms with van der Waals surface area (Å²) in [6, 6.07) is 6.37. The maximum Gasteiger partial charge on any atom is 0.338 e. The van der Waals surface area contributed by atoms with E-state index in [0.29, 0.717) is 16.5 Å². The third-order valence-electron chi connectivity index (χ3n) is 2.52. The molecule has 1 amide bonds. The average Bonchev–Trinajstić information content (AvgIpc) is 2.48. The predicted molar refractivity (Wildman–Crippen MR) is 77.6 cm³/mol. The summed E-state index contributed by atoms with van der Waals surface area (Å²) < 4.78 is 0. The number of carboxylic acid groups (broad SMARTS) is 1. The van der Waals surface area contributed by atoms with Crippen LogP contribution in [0.1, 0.15) is 27.8 Å². The molecular formula is C14H13N3O3S. The van der Waals surface area contributed by atoms with Gasteiger partial charge in [0, 0.05) is 23.8 Å². The molecule has 2 aromatic heterocycles. The highest BCUT2D eigenvalue weighted by molar-refractivity contribution is 7.99. The van der Waals surface area contributed by atoms with Gasteiger partial charge in [0.2, 0.25) is 0 Å². The molecule has 0 unspecified atom stereocenters. The second kappa shape index (κ2) is 6.85. The van der Waals surface area contributed by atoms with Crippen LogP contribution in [0.25, 0.3) is 0 Å². The van der Waals surface area contributed by atoms with E-state index in [1.165, 1.54) is 30.2 Å². The van der Waals surface area contributed by atoms with Gasteiger partial charge in [-0.25, -0.2) is 9.78 Å². The Morgan fingerprint density at radius 3 is 2.81 bits per heavy atom. The van der Waals surface area contributed by atoms with Gasteiger partial charge < -0.3 is 10.4 Å². The Morgan fingerprint density at radius 2 is 2.10 bits per heavy atom. The van der Waals surface area contributed by atoms with Gasteiger partial charge in [0.15, 0.2) is 0 Å². The van der Waals surface area contributed by atoms with E-state index in [4.69, 9.17) is 5.11 Å². The minimum atomic E-state index is -1.04. The number of hydrogen-bond donors (Lipinski definition) is 2. The molecule has 0 saturated carbocycles. The van der Waals surface area contributed by atoms with E-state index in [1.54, 1.807) is 18.2 Å². The molecule has 0 spiro atoms. The highest BCUT2D eigenvalue weighted by Gasteiger charge is 2.13. The molecule has 0 aliphatic rings. The van der Waals surface area contributed by atoms with Gasteiger partial charge in [-0.15, -0.1) is 0 Å². The van der Waals surface area contributed by atoms with Crippen LogP contribution in [0.15, 0.2) is 46.6 Å². The molecule has 2 N–H and O–H groups in total. The highest BCUT2D eigenvalue weighted by Crippen LogP contribution is 2.28. The summed E-state index contributed by atoms with van der Waals surface area (Å²) in [5.74, 6) is -1.30. The number of carbonyl (C=O) groups is 2. The van der Waals surface area contributed by atoms with Gasteiger partial charge >= 0.3 is 5.97 Å². The summed E-state index contributed by atoms with van der Waals surface area (Å²) in [6.45, 7) is 2.34. The van der Waals surface area contributed by atoms with Crippen LogP contribution in [0, 0.1) is 0 Å². The molecule has 0 fully saturated rings. The van der Waals surface area contributed by atoms with Crippen molar-refractivity contribution in [3.8, 4) is 0 Å². The molecule has 2 rings (SSSR count). The standard InChI is InChI=1S/C14H13N3O3S/c1-2-15-12(18)11-8-9(5-7-16-11)21-13-10(14(19)20)4-3-6-17-13/h3-8H,2H2,1H3,(H,15,18)(H,19,20). The fraction of sp³-hybridized carbons (Fsp3) is 0.143. The Kier molecular flexibility index (Phi) is 4.89. The molecule has 0 radical (unpaired) electrons. The minimum Gasteiger partial charge on any atom is -0.478 e. The Balaban J connectivity index is 2.26. The lowest BCUT2D eigenvalue weighted by Gasteiger charge is -2.06. The lowest BCUT2D eigenvalue weighted by molar-refractivity contribution is 0.0692. The zero-order chi connectivity index (χ0) is 15.2. The monoisotopic (exact) mass is 303 g/mol. The van der Waals surface area contributed by atoms with Crippen LogP contribution >= 0.6 is 11.8 Å². The first-order chi connectivity index (χ1) is 10.1. The predicted octanol–water partition coefficient (Wildman–Crippen LogP) is 2.08. The number of amides is 1. The van der Waals surface area contributed by atoms with E-state index in [9.17, 15) is 9.59 Å². The first kappa shape index (κ1) is 15.0. The van der Waals surface area contributed by atoms with Gasteiger partial charge in [0.05, 0.1) is 5.56 Å². The Morgan fingerprint density at radius 1 is 1.29 bits per heavy atom. The average molecular weight is 303 g/mol. The van der Waals surface area contributed by atoms with Crippen molar-refractivity contribution >= 4 is 23.6 Å². The van der Waals surface area contributed by atoms with Crippen LogP contribution in [0.5, 0.6) is 0 Å². The largest absolute Gasteiger partial charge is 0.478 e. The number of nitrogens with one attached hydrogen (secondary N) is 1. The topological polar surface area (TPSA) is 92.2 Å². The molecule has 0 atom stereocenters. The number of hydrogen-bond acceptors (Lipinski definition) is 5. The summed E-state index contributed by atoms with van der Waals surface area (Å²) in [7, 11) is 0. The van der Waals surface area contributed by atoms with Gasteiger partial charge in [0.25, 0.3) is 5.91 Å². The van der Waals surface area contributed by atoms with Crippen LogP contribution in [0.2, 0.25) is 0 Å². The van der Waals surface area contributed by atoms with Crippen molar-refractivity contribution in [3.63, 3.8) is 0 Å². The van der Waals surface area contributed by atoms with Crippen molar-refractivity contribution in [1.29, 1.82) is 0 Å². The van der Waals surface area contributed by atoms with Crippen LogP contribution < -0.4 is 5.32 Å². The SMILES string of the molecule is CCNC(=O)c1cc(Sc2ncccc2C(=O)O)ccn1. The highest BCUT2D eigenvalue weighted by atomic mass is 32.2. The Labute approximate surface area is 125 Å². The number of pyridine rings is 2.